The van der Waals surface area contributed by atoms with Crippen LogP contribution in [0, 0.1) is 0 Å². The maximum atomic E-state index is 12.0. The van der Waals surface area contributed by atoms with Gasteiger partial charge in [0.2, 0.25) is 5.91 Å². The van der Waals surface area contributed by atoms with Gasteiger partial charge in [0.25, 0.3) is 0 Å². The Balaban J connectivity index is 1.97. The predicted octanol–water partition coefficient (Wildman–Crippen LogP) is -0.0851. The van der Waals surface area contributed by atoms with Gasteiger partial charge >= 0.3 is 0 Å². The van der Waals surface area contributed by atoms with E-state index in [-0.39, 0.29) is 30.4 Å². The van der Waals surface area contributed by atoms with Crippen LogP contribution in [-0.4, -0.2) is 48.8 Å². The molecule has 100 valence electrons. The van der Waals surface area contributed by atoms with Crippen molar-refractivity contribution in [3.05, 3.63) is 11.1 Å². The van der Waals surface area contributed by atoms with Crippen molar-refractivity contribution in [2.75, 3.05) is 30.3 Å². The van der Waals surface area contributed by atoms with Crippen molar-refractivity contribution in [1.29, 1.82) is 0 Å². The minimum atomic E-state index is -2.98. The van der Waals surface area contributed by atoms with Crippen molar-refractivity contribution in [3.8, 4) is 0 Å². The molecule has 1 aliphatic rings. The summed E-state index contributed by atoms with van der Waals surface area (Å²) in [5, 5.41) is 2.19. The van der Waals surface area contributed by atoms with Gasteiger partial charge in [-0.05, 0) is 6.42 Å². The molecule has 1 aliphatic heterocycles. The van der Waals surface area contributed by atoms with Crippen molar-refractivity contribution in [2.45, 2.75) is 12.8 Å². The summed E-state index contributed by atoms with van der Waals surface area (Å²) in [6.07, 6.45) is 0.695. The summed E-state index contributed by atoms with van der Waals surface area (Å²) in [6, 6.07) is 0. The summed E-state index contributed by atoms with van der Waals surface area (Å²) in [4.78, 5) is 17.6. The second kappa shape index (κ2) is 5.23. The molecule has 0 bridgehead atoms. The number of carbonyl (C=O) groups excluding carboxylic acids is 1. The van der Waals surface area contributed by atoms with Crippen LogP contribution in [0.5, 0.6) is 0 Å². The number of sulfone groups is 1. The molecule has 0 radical (unpaired) electrons. The summed E-state index contributed by atoms with van der Waals surface area (Å²) in [5.41, 5.74) is 6.14. The Labute approximate surface area is 110 Å². The average molecular weight is 289 g/mol. The van der Waals surface area contributed by atoms with Crippen molar-refractivity contribution < 1.29 is 13.2 Å². The first-order valence-corrected chi connectivity index (χ1v) is 8.34. The zero-order valence-corrected chi connectivity index (χ0v) is 11.5. The fourth-order valence-corrected chi connectivity index (χ4v) is 3.69. The van der Waals surface area contributed by atoms with E-state index in [4.69, 9.17) is 5.73 Å². The minimum Gasteiger partial charge on any atom is -0.375 e. The molecular formula is C10H15N3O3S2. The lowest BCUT2D eigenvalue weighted by atomic mass is 10.3. The third kappa shape index (κ3) is 3.42. The van der Waals surface area contributed by atoms with Crippen LogP contribution in [0.2, 0.25) is 0 Å². The van der Waals surface area contributed by atoms with E-state index in [0.29, 0.717) is 23.8 Å². The maximum Gasteiger partial charge on any atom is 0.228 e. The fraction of sp³-hybridized carbons (Fsp3) is 0.600. The zero-order chi connectivity index (χ0) is 13.2. The second-order valence-electron chi connectivity index (χ2n) is 4.24. The first-order chi connectivity index (χ1) is 8.46. The number of anilines is 1. The minimum absolute atomic E-state index is 0.0535. The molecule has 1 amide bonds. The van der Waals surface area contributed by atoms with E-state index in [2.05, 4.69) is 4.98 Å². The molecule has 1 aromatic rings. The molecule has 2 heterocycles. The number of hydrogen-bond acceptors (Lipinski definition) is 6. The number of nitrogen functional groups attached to an aromatic ring is 1. The second-order valence-corrected chi connectivity index (χ2v) is 7.43. The third-order valence-corrected chi connectivity index (χ3v) is 5.25. The lowest BCUT2D eigenvalue weighted by Crippen LogP contribution is -2.34. The quantitative estimate of drug-likeness (QED) is 0.821. The number of aromatic nitrogens is 1. The average Bonchev–Trinajstić information content (AvgIpc) is 2.58. The molecule has 2 rings (SSSR count). The van der Waals surface area contributed by atoms with E-state index in [1.54, 1.807) is 10.3 Å². The standard InChI is InChI=1S/C10H15N3O3S2/c11-10-12-8(7-17-10)6-9(14)13-2-1-4-18(15,16)5-3-13/h7H,1-6H2,(H2,11,12). The van der Waals surface area contributed by atoms with Crippen LogP contribution in [0.25, 0.3) is 0 Å². The molecule has 1 fully saturated rings. The highest BCUT2D eigenvalue weighted by Gasteiger charge is 2.22. The predicted molar refractivity (Wildman–Crippen MR) is 70.1 cm³/mol. The molecule has 8 heteroatoms. The Morgan fingerprint density at radius 3 is 2.89 bits per heavy atom. The normalized spacial score (nSPS) is 19.4. The molecule has 0 saturated carbocycles. The van der Waals surface area contributed by atoms with Crippen LogP contribution < -0.4 is 5.73 Å². The number of amides is 1. The van der Waals surface area contributed by atoms with Crippen LogP contribution in [-0.2, 0) is 21.1 Å². The third-order valence-electron chi connectivity index (χ3n) is 2.81. The summed E-state index contributed by atoms with van der Waals surface area (Å²) < 4.78 is 22.9. The van der Waals surface area contributed by atoms with Crippen molar-refractivity contribution in [1.82, 2.24) is 9.88 Å². The van der Waals surface area contributed by atoms with E-state index in [1.807, 2.05) is 0 Å². The molecule has 0 aliphatic carbocycles. The van der Waals surface area contributed by atoms with Gasteiger partial charge in [-0.1, -0.05) is 0 Å². The van der Waals surface area contributed by atoms with Crippen LogP contribution >= 0.6 is 11.3 Å². The molecule has 1 saturated heterocycles. The Kier molecular flexibility index (Phi) is 3.86. The Bertz CT molecular complexity index is 538. The Morgan fingerprint density at radius 1 is 1.44 bits per heavy atom. The molecule has 1 aromatic heterocycles. The highest BCUT2D eigenvalue weighted by Crippen LogP contribution is 2.13. The summed E-state index contributed by atoms with van der Waals surface area (Å²) in [6.45, 7) is 0.776. The van der Waals surface area contributed by atoms with E-state index >= 15 is 0 Å². The lowest BCUT2D eigenvalue weighted by molar-refractivity contribution is -0.130. The van der Waals surface area contributed by atoms with E-state index in [9.17, 15) is 13.2 Å². The fourth-order valence-electron chi connectivity index (χ4n) is 1.86. The number of rotatable bonds is 2. The SMILES string of the molecule is Nc1nc(CC(=O)N2CCCS(=O)(=O)CC2)cs1. The van der Waals surface area contributed by atoms with Crippen molar-refractivity contribution in [2.24, 2.45) is 0 Å². The number of thiazole rings is 1. The highest BCUT2D eigenvalue weighted by molar-refractivity contribution is 7.91. The largest absolute Gasteiger partial charge is 0.375 e. The van der Waals surface area contributed by atoms with Gasteiger partial charge in [-0.2, -0.15) is 0 Å². The van der Waals surface area contributed by atoms with Crippen LogP contribution in [0.4, 0.5) is 5.13 Å². The number of hydrogen-bond donors (Lipinski definition) is 1. The van der Waals surface area contributed by atoms with Gasteiger partial charge in [-0.15, -0.1) is 11.3 Å². The number of nitrogens with two attached hydrogens (primary N) is 1. The van der Waals surface area contributed by atoms with Gasteiger partial charge in [0.15, 0.2) is 15.0 Å². The van der Waals surface area contributed by atoms with Crippen LogP contribution in [0.15, 0.2) is 5.38 Å². The Hall–Kier alpha value is -1.15. The van der Waals surface area contributed by atoms with Gasteiger partial charge in [0.1, 0.15) is 0 Å². The molecular weight excluding hydrogens is 274 g/mol. The molecule has 6 nitrogen and oxygen atoms in total. The molecule has 2 N–H and O–H groups in total. The zero-order valence-electron chi connectivity index (χ0n) is 9.83. The van der Waals surface area contributed by atoms with Crippen molar-refractivity contribution in [3.63, 3.8) is 0 Å². The first-order valence-electron chi connectivity index (χ1n) is 5.64. The van der Waals surface area contributed by atoms with Crippen LogP contribution in [0.1, 0.15) is 12.1 Å². The summed E-state index contributed by atoms with van der Waals surface area (Å²) >= 11 is 1.30. The highest BCUT2D eigenvalue weighted by atomic mass is 32.2. The summed E-state index contributed by atoms with van der Waals surface area (Å²) in [7, 11) is -2.98. The molecule has 0 unspecified atom stereocenters. The maximum absolute atomic E-state index is 12.0. The van der Waals surface area contributed by atoms with Crippen LogP contribution in [0.3, 0.4) is 0 Å². The van der Waals surface area contributed by atoms with Gasteiger partial charge < -0.3 is 10.6 Å². The Morgan fingerprint density at radius 2 is 2.22 bits per heavy atom. The smallest absolute Gasteiger partial charge is 0.228 e. The molecule has 0 aromatic carbocycles. The topological polar surface area (TPSA) is 93.4 Å². The van der Waals surface area contributed by atoms with Gasteiger partial charge in [0, 0.05) is 18.5 Å². The van der Waals surface area contributed by atoms with Gasteiger partial charge in [0.05, 0.1) is 23.6 Å². The molecule has 0 spiro atoms. The lowest BCUT2D eigenvalue weighted by Gasteiger charge is -2.19. The van der Waals surface area contributed by atoms with E-state index < -0.39 is 9.84 Å². The number of carbonyl (C=O) groups is 1. The van der Waals surface area contributed by atoms with Gasteiger partial charge in [-0.25, -0.2) is 13.4 Å². The monoisotopic (exact) mass is 289 g/mol. The van der Waals surface area contributed by atoms with Crippen molar-refractivity contribution >= 4 is 32.2 Å². The molecule has 18 heavy (non-hydrogen) atoms. The number of nitrogens with zero attached hydrogens (tertiary/aromatic N) is 2. The van der Waals surface area contributed by atoms with Gasteiger partial charge in [-0.3, -0.25) is 4.79 Å². The summed E-state index contributed by atoms with van der Waals surface area (Å²) in [5.74, 6) is 0.135. The first kappa shape index (κ1) is 13.3. The van der Waals surface area contributed by atoms with E-state index in [1.165, 1.54) is 11.3 Å². The van der Waals surface area contributed by atoms with E-state index in [0.717, 1.165) is 0 Å². The molecule has 0 atom stereocenters.